The van der Waals surface area contributed by atoms with E-state index in [2.05, 4.69) is 4.98 Å². The zero-order chi connectivity index (χ0) is 14.8. The summed E-state index contributed by atoms with van der Waals surface area (Å²) in [5.41, 5.74) is 0.537. The van der Waals surface area contributed by atoms with Gasteiger partial charge in [-0.1, -0.05) is 24.3 Å². The van der Waals surface area contributed by atoms with Gasteiger partial charge in [-0.25, -0.2) is 4.39 Å². The van der Waals surface area contributed by atoms with Crippen molar-refractivity contribution in [1.82, 2.24) is 4.98 Å². The summed E-state index contributed by atoms with van der Waals surface area (Å²) in [5, 5.41) is 11.1. The third kappa shape index (κ3) is 2.37. The van der Waals surface area contributed by atoms with Gasteiger partial charge >= 0.3 is 0 Å². The van der Waals surface area contributed by atoms with Crippen LogP contribution in [0.2, 0.25) is 0 Å². The molecule has 0 radical (unpaired) electrons. The second-order valence-corrected chi connectivity index (χ2v) is 5.32. The Morgan fingerprint density at radius 2 is 1.95 bits per heavy atom. The van der Waals surface area contributed by atoms with Gasteiger partial charge in [0.1, 0.15) is 17.4 Å². The minimum atomic E-state index is -0.512. The fourth-order valence-corrected chi connectivity index (χ4v) is 2.83. The topological polar surface area (TPSA) is 56.6 Å². The van der Waals surface area contributed by atoms with Gasteiger partial charge in [0.05, 0.1) is 10.6 Å². The van der Waals surface area contributed by atoms with Gasteiger partial charge in [0, 0.05) is 11.1 Å². The number of nitrogens with zero attached hydrogens (tertiary/aromatic N) is 1. The van der Waals surface area contributed by atoms with Gasteiger partial charge in [-0.2, -0.15) is 5.26 Å². The highest BCUT2D eigenvalue weighted by Crippen LogP contribution is 2.29. The Bertz CT molecular complexity index is 891. The van der Waals surface area contributed by atoms with E-state index in [-0.39, 0.29) is 11.1 Å². The van der Waals surface area contributed by atoms with Crippen molar-refractivity contribution < 1.29 is 4.39 Å². The molecule has 2 heterocycles. The molecule has 0 saturated heterocycles. The standard InChI is InChI=1S/C16H9FN2OS/c17-13-5-2-1-4-10(13)11-8-14(15-6-3-7-21-15)19-16(20)12(11)9-18/h1-8H,(H,19,20). The lowest BCUT2D eigenvalue weighted by molar-refractivity contribution is 0.631. The van der Waals surface area contributed by atoms with Crippen molar-refractivity contribution in [2.24, 2.45) is 0 Å². The lowest BCUT2D eigenvalue weighted by Crippen LogP contribution is -2.12. The van der Waals surface area contributed by atoms with Crippen LogP contribution in [-0.2, 0) is 0 Å². The van der Waals surface area contributed by atoms with Gasteiger partial charge in [-0.05, 0) is 23.6 Å². The van der Waals surface area contributed by atoms with Crippen LogP contribution in [0.3, 0.4) is 0 Å². The van der Waals surface area contributed by atoms with E-state index in [1.54, 1.807) is 24.3 Å². The third-order valence-electron chi connectivity index (χ3n) is 3.10. The average Bonchev–Trinajstić information content (AvgIpc) is 3.01. The highest BCUT2D eigenvalue weighted by molar-refractivity contribution is 7.13. The zero-order valence-corrected chi connectivity index (χ0v) is 11.6. The molecule has 102 valence electrons. The van der Waals surface area contributed by atoms with E-state index in [1.807, 2.05) is 23.6 Å². The van der Waals surface area contributed by atoms with E-state index >= 15 is 0 Å². The fraction of sp³-hybridized carbons (Fsp3) is 0. The smallest absolute Gasteiger partial charge is 0.266 e. The molecule has 3 rings (SSSR count). The van der Waals surface area contributed by atoms with Crippen LogP contribution in [0.25, 0.3) is 21.7 Å². The number of pyridine rings is 1. The van der Waals surface area contributed by atoms with E-state index in [0.717, 1.165) is 4.88 Å². The number of benzene rings is 1. The lowest BCUT2D eigenvalue weighted by Gasteiger charge is -2.07. The molecule has 0 spiro atoms. The van der Waals surface area contributed by atoms with Gasteiger partial charge in [0.2, 0.25) is 0 Å². The Kier molecular flexibility index (Phi) is 3.38. The van der Waals surface area contributed by atoms with Crippen molar-refractivity contribution >= 4 is 11.3 Å². The number of rotatable bonds is 2. The molecule has 0 aliphatic carbocycles. The first kappa shape index (κ1) is 13.3. The largest absolute Gasteiger partial charge is 0.320 e. The van der Waals surface area contributed by atoms with E-state index in [1.165, 1.54) is 17.4 Å². The van der Waals surface area contributed by atoms with Crippen molar-refractivity contribution in [3.63, 3.8) is 0 Å². The van der Waals surface area contributed by atoms with Crippen LogP contribution in [0.1, 0.15) is 5.56 Å². The number of nitriles is 1. The monoisotopic (exact) mass is 296 g/mol. The SMILES string of the molecule is N#Cc1c(-c2ccccc2F)cc(-c2cccs2)[nH]c1=O. The number of nitrogens with one attached hydrogen (secondary N) is 1. The maximum Gasteiger partial charge on any atom is 0.266 e. The predicted octanol–water partition coefficient (Wildman–Crippen LogP) is 3.78. The van der Waals surface area contributed by atoms with Crippen LogP contribution in [0, 0.1) is 17.1 Å². The number of hydrogen-bond acceptors (Lipinski definition) is 3. The molecule has 1 aromatic carbocycles. The maximum absolute atomic E-state index is 14.0. The van der Waals surface area contributed by atoms with Gasteiger partial charge < -0.3 is 4.98 Å². The Hall–Kier alpha value is -2.71. The van der Waals surface area contributed by atoms with Crippen LogP contribution in [0.4, 0.5) is 4.39 Å². The number of aromatic nitrogens is 1. The molecule has 0 aliphatic heterocycles. The molecular weight excluding hydrogens is 287 g/mol. The van der Waals surface area contributed by atoms with Gasteiger partial charge in [-0.15, -0.1) is 11.3 Å². The lowest BCUT2D eigenvalue weighted by atomic mass is 10.00. The molecule has 3 nitrogen and oxygen atoms in total. The van der Waals surface area contributed by atoms with Crippen molar-refractivity contribution in [1.29, 1.82) is 5.26 Å². The zero-order valence-electron chi connectivity index (χ0n) is 10.8. The predicted molar refractivity (Wildman–Crippen MR) is 80.5 cm³/mol. The van der Waals surface area contributed by atoms with Crippen LogP contribution in [-0.4, -0.2) is 4.98 Å². The Morgan fingerprint density at radius 1 is 1.14 bits per heavy atom. The molecule has 21 heavy (non-hydrogen) atoms. The molecule has 2 aromatic heterocycles. The van der Waals surface area contributed by atoms with E-state index in [0.29, 0.717) is 11.3 Å². The molecule has 3 aromatic rings. The summed E-state index contributed by atoms with van der Waals surface area (Å²) >= 11 is 1.46. The molecule has 1 N–H and O–H groups in total. The molecule has 5 heteroatoms. The molecule has 0 amide bonds. The summed E-state index contributed by atoms with van der Waals surface area (Å²) in [6.07, 6.45) is 0. The molecule has 0 aliphatic rings. The van der Waals surface area contributed by atoms with Gasteiger partial charge in [0.15, 0.2) is 0 Å². The molecule has 0 unspecified atom stereocenters. The quantitative estimate of drug-likeness (QED) is 0.782. The first-order valence-electron chi connectivity index (χ1n) is 6.17. The number of thiophene rings is 1. The van der Waals surface area contributed by atoms with Gasteiger partial charge in [-0.3, -0.25) is 4.79 Å². The highest BCUT2D eigenvalue weighted by Gasteiger charge is 2.15. The summed E-state index contributed by atoms with van der Waals surface area (Å²) in [7, 11) is 0. The number of H-pyrrole nitrogens is 1. The minimum absolute atomic E-state index is 0.0830. The minimum Gasteiger partial charge on any atom is -0.320 e. The summed E-state index contributed by atoms with van der Waals surface area (Å²) in [6.45, 7) is 0. The number of aromatic amines is 1. The van der Waals surface area contributed by atoms with Crippen molar-refractivity contribution in [2.45, 2.75) is 0 Å². The van der Waals surface area contributed by atoms with E-state index < -0.39 is 11.4 Å². The first-order valence-corrected chi connectivity index (χ1v) is 7.05. The number of halogens is 1. The van der Waals surface area contributed by atoms with Gasteiger partial charge in [0.25, 0.3) is 5.56 Å². The number of hydrogen-bond donors (Lipinski definition) is 1. The maximum atomic E-state index is 14.0. The van der Waals surface area contributed by atoms with E-state index in [4.69, 9.17) is 0 Å². The van der Waals surface area contributed by atoms with Crippen LogP contribution in [0.5, 0.6) is 0 Å². The molecule has 0 fully saturated rings. The van der Waals surface area contributed by atoms with Crippen molar-refractivity contribution in [3.05, 3.63) is 69.6 Å². The molecular formula is C16H9FN2OS. The second kappa shape index (κ2) is 5.35. The van der Waals surface area contributed by atoms with Crippen LogP contribution >= 0.6 is 11.3 Å². The Labute approximate surface area is 123 Å². The normalized spacial score (nSPS) is 10.3. The fourth-order valence-electron chi connectivity index (χ4n) is 2.13. The second-order valence-electron chi connectivity index (χ2n) is 4.37. The van der Waals surface area contributed by atoms with Crippen LogP contribution in [0.15, 0.2) is 52.6 Å². The van der Waals surface area contributed by atoms with Crippen LogP contribution < -0.4 is 5.56 Å². The van der Waals surface area contributed by atoms with Crippen molar-refractivity contribution in [3.8, 4) is 27.8 Å². The summed E-state index contributed by atoms with van der Waals surface area (Å²) in [6, 6.07) is 13.3. The molecule has 0 atom stereocenters. The Morgan fingerprint density at radius 3 is 2.62 bits per heavy atom. The highest BCUT2D eigenvalue weighted by atomic mass is 32.1. The summed E-state index contributed by atoms with van der Waals surface area (Å²) in [4.78, 5) is 15.6. The third-order valence-corrected chi connectivity index (χ3v) is 4.00. The summed E-state index contributed by atoms with van der Waals surface area (Å²) in [5.74, 6) is -0.461. The summed E-state index contributed by atoms with van der Waals surface area (Å²) < 4.78 is 14.0. The Balaban J connectivity index is 2.31. The molecule has 0 saturated carbocycles. The van der Waals surface area contributed by atoms with E-state index in [9.17, 15) is 14.4 Å². The first-order chi connectivity index (χ1) is 10.2. The molecule has 0 bridgehead atoms. The average molecular weight is 296 g/mol. The van der Waals surface area contributed by atoms with Crippen molar-refractivity contribution in [2.75, 3.05) is 0 Å².